The summed E-state index contributed by atoms with van der Waals surface area (Å²) in [5.41, 5.74) is 8.69. The monoisotopic (exact) mass is 975 g/mol. The fourth-order valence-electron chi connectivity index (χ4n) is 9.42. The van der Waals surface area contributed by atoms with E-state index in [0.717, 1.165) is 39.9 Å². The van der Waals surface area contributed by atoms with Gasteiger partial charge in [-0.15, -0.1) is 0 Å². The molecule has 366 valence electrons. The molecule has 1 fully saturated rings. The number of amides is 2. The lowest BCUT2D eigenvalue weighted by atomic mass is 9.91. The van der Waals surface area contributed by atoms with Crippen LogP contribution in [0.4, 0.5) is 28.4 Å². The summed E-state index contributed by atoms with van der Waals surface area (Å²) >= 11 is 0. The Morgan fingerprint density at radius 3 is 1.83 bits per heavy atom. The number of sulfonamides is 1. The largest absolute Gasteiger partial charge is 0.456 e. The summed E-state index contributed by atoms with van der Waals surface area (Å²) in [7, 11) is -9.02. The predicted molar refractivity (Wildman–Crippen MR) is 276 cm³/mol. The lowest BCUT2D eigenvalue weighted by Crippen LogP contribution is -2.38. The molecule has 0 spiro atoms. The minimum atomic E-state index is -4.79. The molecule has 7 rings (SSSR count). The fourth-order valence-corrected chi connectivity index (χ4v) is 11.8. The van der Waals surface area contributed by atoms with Gasteiger partial charge in [-0.1, -0.05) is 78.3 Å². The molecule has 4 aromatic carbocycles. The SMILES string of the molecule is Cc1cc(C)c(NC(=O)CC(C)(C)C)c(C)c1N=c1cc2oc3cc(Nc4c(C)cc(C)c(NC(=O)CC(C)(C)C)c4C)ccc3c(-c3ccccc3S(=O)(=O)O)c-2cc1S(=O)(=O)N1CCCCC1. The summed E-state index contributed by atoms with van der Waals surface area (Å²) in [5.74, 6) is -0.0498. The molecule has 1 saturated heterocycles. The summed E-state index contributed by atoms with van der Waals surface area (Å²) in [5, 5.41) is 10.3. The number of carbonyl (C=O) groups excluding carboxylic acids is 2. The second-order valence-corrected chi connectivity index (χ2v) is 24.3. The number of hydrogen-bond acceptors (Lipinski definition) is 9. The maximum Gasteiger partial charge on any atom is 0.295 e. The fraction of sp³-hybridized carbons (Fsp3) is 0.389. The quantitative estimate of drug-likeness (QED) is 0.0724. The van der Waals surface area contributed by atoms with E-state index < -0.39 is 20.1 Å². The van der Waals surface area contributed by atoms with E-state index >= 15 is 0 Å². The van der Waals surface area contributed by atoms with Crippen LogP contribution in [0.2, 0.25) is 0 Å². The Balaban J connectivity index is 1.51. The van der Waals surface area contributed by atoms with Crippen molar-refractivity contribution in [2.24, 2.45) is 15.8 Å². The molecule has 0 saturated carbocycles. The zero-order chi connectivity index (χ0) is 50.5. The highest BCUT2D eigenvalue weighted by Crippen LogP contribution is 2.45. The van der Waals surface area contributed by atoms with Crippen molar-refractivity contribution in [1.82, 2.24) is 4.31 Å². The zero-order valence-corrected chi connectivity index (χ0v) is 43.4. The first-order valence-corrected chi connectivity index (χ1v) is 26.3. The van der Waals surface area contributed by atoms with Crippen LogP contribution in [0.5, 0.6) is 0 Å². The molecule has 1 aliphatic carbocycles. The van der Waals surface area contributed by atoms with E-state index in [2.05, 4.69) is 16.0 Å². The van der Waals surface area contributed by atoms with Gasteiger partial charge in [-0.05, 0) is 123 Å². The van der Waals surface area contributed by atoms with Gasteiger partial charge in [-0.25, -0.2) is 13.4 Å². The number of carbonyl (C=O) groups is 2. The lowest BCUT2D eigenvalue weighted by Gasteiger charge is -2.27. The van der Waals surface area contributed by atoms with Crippen molar-refractivity contribution in [3.05, 3.63) is 105 Å². The number of rotatable bonds is 11. The molecule has 0 aromatic heterocycles. The van der Waals surface area contributed by atoms with Gasteiger partial charge in [0.15, 0.2) is 0 Å². The van der Waals surface area contributed by atoms with E-state index in [-0.39, 0.29) is 61.1 Å². The third-order valence-corrected chi connectivity index (χ3v) is 15.3. The second kappa shape index (κ2) is 19.1. The summed E-state index contributed by atoms with van der Waals surface area (Å²) in [6.45, 7) is 24.2. The molecular weight excluding hydrogens is 911 g/mol. The van der Waals surface area contributed by atoms with Crippen molar-refractivity contribution in [2.45, 2.75) is 125 Å². The Morgan fingerprint density at radius 1 is 0.667 bits per heavy atom. The highest BCUT2D eigenvalue weighted by molar-refractivity contribution is 7.89. The highest BCUT2D eigenvalue weighted by Gasteiger charge is 2.32. The molecule has 0 unspecified atom stereocenters. The van der Waals surface area contributed by atoms with E-state index in [1.165, 1.54) is 22.5 Å². The van der Waals surface area contributed by atoms with E-state index in [1.54, 1.807) is 30.3 Å². The van der Waals surface area contributed by atoms with Crippen LogP contribution >= 0.6 is 0 Å². The van der Waals surface area contributed by atoms with E-state index in [9.17, 15) is 31.0 Å². The van der Waals surface area contributed by atoms with Crippen molar-refractivity contribution in [2.75, 3.05) is 29.0 Å². The van der Waals surface area contributed by atoms with Crippen molar-refractivity contribution in [1.29, 1.82) is 0 Å². The van der Waals surface area contributed by atoms with Crippen molar-refractivity contribution in [3.8, 4) is 22.5 Å². The Morgan fingerprint density at radius 2 is 1.23 bits per heavy atom. The van der Waals surface area contributed by atoms with Crippen LogP contribution in [0.25, 0.3) is 33.4 Å². The molecule has 15 heteroatoms. The summed E-state index contributed by atoms with van der Waals surface area (Å²) in [6.07, 6.45) is 2.89. The maximum atomic E-state index is 15.0. The van der Waals surface area contributed by atoms with E-state index in [0.29, 0.717) is 77.2 Å². The lowest BCUT2D eigenvalue weighted by molar-refractivity contribution is -0.118. The molecule has 13 nitrogen and oxygen atoms in total. The standard InChI is InChI=1S/C54H65N5O8S2/c1-31-24-33(3)51(57-46(60)29-53(7,8)9)35(5)49(31)55-37-20-21-38-42(26-37)67-43-28-41(56-50-32(2)25-34(4)52(36(50)6)58-47(61)30-54(10,11)12)45(68(62,63)59-22-16-13-17-23-59)27-40(43)48(38)39-18-14-15-19-44(39)69(64,65)66/h14-15,18-21,24-28,55H,13,16-17,22-23,29-30H2,1-12H3,(H,57,60)(H,58,61)(H,64,65,66). The number of nitrogens with zero attached hydrogens (tertiary/aromatic N) is 2. The number of aryl methyl sites for hydroxylation is 4. The molecular formula is C54H65N5O8S2. The first kappa shape index (κ1) is 51.0. The van der Waals surface area contributed by atoms with Crippen LogP contribution in [-0.2, 0) is 29.7 Å². The number of nitrogens with one attached hydrogen (secondary N) is 3. The molecule has 69 heavy (non-hydrogen) atoms. The number of fused-ring (bicyclic) bond motifs is 2. The Bertz CT molecular complexity index is 3300. The molecule has 0 bridgehead atoms. The summed E-state index contributed by atoms with van der Waals surface area (Å²) in [4.78, 5) is 31.1. The van der Waals surface area contributed by atoms with Gasteiger partial charge in [0, 0.05) is 82.9 Å². The average Bonchev–Trinajstić information content (AvgIpc) is 3.24. The number of hydrogen-bond donors (Lipinski definition) is 4. The van der Waals surface area contributed by atoms with Gasteiger partial charge in [-0.2, -0.15) is 12.7 Å². The molecule has 3 aliphatic rings. The molecule has 2 heterocycles. The van der Waals surface area contributed by atoms with E-state index in [4.69, 9.17) is 9.41 Å². The molecule has 0 atom stereocenters. The maximum absolute atomic E-state index is 15.0. The Labute approximate surface area is 407 Å². The van der Waals surface area contributed by atoms with Crippen LogP contribution in [0.15, 0.2) is 85.9 Å². The first-order chi connectivity index (χ1) is 32.1. The predicted octanol–water partition coefficient (Wildman–Crippen LogP) is 12.2. The van der Waals surface area contributed by atoms with E-state index in [1.807, 2.05) is 101 Å². The molecule has 2 amide bonds. The molecule has 4 aromatic rings. The van der Waals surface area contributed by atoms with Crippen molar-refractivity contribution in [3.63, 3.8) is 0 Å². The second-order valence-electron chi connectivity index (χ2n) is 21.0. The van der Waals surface area contributed by atoms with Crippen LogP contribution in [-0.4, -0.2) is 50.6 Å². The van der Waals surface area contributed by atoms with Gasteiger partial charge in [-0.3, -0.25) is 14.1 Å². The Kier molecular flexibility index (Phi) is 14.1. The van der Waals surface area contributed by atoms with Gasteiger partial charge < -0.3 is 20.4 Å². The normalized spacial score (nSPS) is 14.4. The van der Waals surface area contributed by atoms with Gasteiger partial charge in [0.1, 0.15) is 21.1 Å². The minimum absolute atomic E-state index is 0.0911. The summed E-state index contributed by atoms with van der Waals surface area (Å²) < 4.78 is 75.1. The highest BCUT2D eigenvalue weighted by atomic mass is 32.2. The van der Waals surface area contributed by atoms with Crippen LogP contribution in [0.3, 0.4) is 0 Å². The third kappa shape index (κ3) is 11.1. The molecule has 2 aliphatic heterocycles. The molecule has 0 radical (unpaired) electrons. The Hall–Kier alpha value is -5.87. The molecule has 4 N–H and O–H groups in total. The average molecular weight is 976 g/mol. The number of piperidine rings is 1. The summed E-state index contributed by atoms with van der Waals surface area (Å²) in [6, 6.07) is 18.4. The van der Waals surface area contributed by atoms with Gasteiger partial charge in [0.2, 0.25) is 21.8 Å². The zero-order valence-electron chi connectivity index (χ0n) is 41.8. The first-order valence-electron chi connectivity index (χ1n) is 23.4. The number of benzene rings is 5. The third-order valence-electron chi connectivity index (χ3n) is 12.5. The van der Waals surface area contributed by atoms with Crippen molar-refractivity contribution < 1.29 is 35.4 Å². The van der Waals surface area contributed by atoms with Gasteiger partial charge >= 0.3 is 0 Å². The number of anilines is 4. The van der Waals surface area contributed by atoms with Crippen LogP contribution in [0.1, 0.15) is 107 Å². The van der Waals surface area contributed by atoms with Gasteiger partial charge in [0.25, 0.3) is 10.1 Å². The smallest absolute Gasteiger partial charge is 0.295 e. The van der Waals surface area contributed by atoms with Crippen molar-refractivity contribution >= 4 is 71.4 Å². The van der Waals surface area contributed by atoms with Gasteiger partial charge in [0.05, 0.1) is 11.0 Å². The topological polar surface area (TPSA) is 187 Å². The minimum Gasteiger partial charge on any atom is -0.456 e. The van der Waals surface area contributed by atoms with Crippen LogP contribution in [0, 0.1) is 52.4 Å². The van der Waals surface area contributed by atoms with Crippen LogP contribution < -0.4 is 21.3 Å².